The molecular weight excluding hydrogens is 270 g/mol. The SMILES string of the molecule is O=S(=O)(Nc1nncs1)c1ccc(CO)s1. The van der Waals surface area contributed by atoms with Crippen molar-refractivity contribution < 1.29 is 13.5 Å². The molecular formula is C7H7N3O3S3. The first kappa shape index (κ1) is 11.5. The molecule has 0 amide bonds. The Balaban J connectivity index is 2.25. The molecule has 86 valence electrons. The van der Waals surface area contributed by atoms with Gasteiger partial charge in [-0.2, -0.15) is 0 Å². The monoisotopic (exact) mass is 277 g/mol. The Labute approximate surface area is 99.6 Å². The number of hydrogen-bond donors (Lipinski definition) is 2. The van der Waals surface area contributed by atoms with E-state index in [1.165, 1.54) is 11.6 Å². The number of nitrogens with one attached hydrogen (secondary N) is 1. The maximum absolute atomic E-state index is 11.8. The average molecular weight is 277 g/mol. The predicted octanol–water partition coefficient (Wildman–Crippen LogP) is 0.893. The number of sulfonamides is 1. The highest BCUT2D eigenvalue weighted by molar-refractivity contribution is 7.94. The highest BCUT2D eigenvalue weighted by Gasteiger charge is 2.18. The minimum atomic E-state index is -3.61. The fraction of sp³-hybridized carbons (Fsp3) is 0.143. The van der Waals surface area contributed by atoms with Crippen LogP contribution in [0.15, 0.2) is 21.9 Å². The Bertz CT molecular complexity index is 561. The van der Waals surface area contributed by atoms with Gasteiger partial charge in [0.1, 0.15) is 9.72 Å². The van der Waals surface area contributed by atoms with Gasteiger partial charge in [0.2, 0.25) is 5.13 Å². The fourth-order valence-corrected chi connectivity index (χ4v) is 3.88. The van der Waals surface area contributed by atoms with Crippen LogP contribution in [0.4, 0.5) is 5.13 Å². The minimum absolute atomic E-state index is 0.145. The van der Waals surface area contributed by atoms with Gasteiger partial charge < -0.3 is 5.11 Å². The summed E-state index contributed by atoms with van der Waals surface area (Å²) in [6.07, 6.45) is 0. The van der Waals surface area contributed by atoms with Gasteiger partial charge in [-0.15, -0.1) is 21.5 Å². The van der Waals surface area contributed by atoms with Crippen molar-refractivity contribution in [1.82, 2.24) is 10.2 Å². The summed E-state index contributed by atoms with van der Waals surface area (Å²) < 4.78 is 26.0. The van der Waals surface area contributed by atoms with Crippen LogP contribution in [0.5, 0.6) is 0 Å². The van der Waals surface area contributed by atoms with Crippen LogP contribution in [0.2, 0.25) is 0 Å². The van der Waals surface area contributed by atoms with Crippen LogP contribution in [0.1, 0.15) is 4.88 Å². The van der Waals surface area contributed by atoms with E-state index < -0.39 is 10.0 Å². The van der Waals surface area contributed by atoms with Crippen molar-refractivity contribution in [1.29, 1.82) is 0 Å². The molecule has 0 saturated carbocycles. The van der Waals surface area contributed by atoms with Crippen LogP contribution in [-0.4, -0.2) is 23.7 Å². The molecule has 6 nitrogen and oxygen atoms in total. The summed E-state index contributed by atoms with van der Waals surface area (Å²) in [4.78, 5) is 0.595. The van der Waals surface area contributed by atoms with Crippen molar-refractivity contribution in [3.8, 4) is 0 Å². The predicted molar refractivity (Wildman–Crippen MR) is 61.0 cm³/mol. The van der Waals surface area contributed by atoms with Gasteiger partial charge in [0, 0.05) is 4.88 Å². The standard InChI is InChI=1S/C7H7N3O3S3/c11-3-5-1-2-6(15-5)16(12,13)10-7-9-8-4-14-7/h1-2,4,11H,3H2,(H,9,10). The Hall–Kier alpha value is -1.03. The summed E-state index contributed by atoms with van der Waals surface area (Å²) >= 11 is 2.12. The molecule has 0 bridgehead atoms. The summed E-state index contributed by atoms with van der Waals surface area (Å²) in [6.45, 7) is -0.168. The lowest BCUT2D eigenvalue weighted by atomic mass is 10.5. The molecule has 0 aliphatic carbocycles. The van der Waals surface area contributed by atoms with Gasteiger partial charge in [-0.1, -0.05) is 11.3 Å². The zero-order valence-electron chi connectivity index (χ0n) is 7.82. The molecule has 2 rings (SSSR count). The number of aliphatic hydroxyl groups excluding tert-OH is 1. The van der Waals surface area contributed by atoms with E-state index >= 15 is 0 Å². The van der Waals surface area contributed by atoms with Gasteiger partial charge in [-0.3, -0.25) is 4.72 Å². The molecule has 0 aromatic carbocycles. The molecule has 2 N–H and O–H groups in total. The Morgan fingerprint density at radius 2 is 2.25 bits per heavy atom. The summed E-state index contributed by atoms with van der Waals surface area (Å²) in [5.41, 5.74) is 1.44. The van der Waals surface area contributed by atoms with Crippen LogP contribution in [0.3, 0.4) is 0 Å². The third kappa shape index (κ3) is 2.38. The lowest BCUT2D eigenvalue weighted by Crippen LogP contribution is -2.11. The largest absolute Gasteiger partial charge is 0.391 e. The van der Waals surface area contributed by atoms with E-state index in [0.29, 0.717) is 4.88 Å². The second-order valence-electron chi connectivity index (χ2n) is 2.73. The van der Waals surface area contributed by atoms with E-state index in [1.807, 2.05) is 0 Å². The Morgan fingerprint density at radius 1 is 1.44 bits per heavy atom. The van der Waals surface area contributed by atoms with Gasteiger partial charge >= 0.3 is 0 Å². The van der Waals surface area contributed by atoms with Crippen molar-refractivity contribution in [3.05, 3.63) is 22.5 Å². The lowest BCUT2D eigenvalue weighted by Gasteiger charge is -2.00. The van der Waals surface area contributed by atoms with Crippen molar-refractivity contribution in [2.24, 2.45) is 0 Å². The first-order valence-corrected chi connectivity index (χ1v) is 7.28. The molecule has 0 radical (unpaired) electrons. The molecule has 2 heterocycles. The van der Waals surface area contributed by atoms with E-state index in [4.69, 9.17) is 5.11 Å². The number of anilines is 1. The van der Waals surface area contributed by atoms with Crippen LogP contribution >= 0.6 is 22.7 Å². The first-order valence-electron chi connectivity index (χ1n) is 4.10. The second-order valence-corrected chi connectivity index (χ2v) is 6.64. The third-order valence-corrected chi connectivity index (χ3v) is 5.28. The topological polar surface area (TPSA) is 92.2 Å². The summed E-state index contributed by atoms with van der Waals surface area (Å²) in [5.74, 6) is 0. The molecule has 16 heavy (non-hydrogen) atoms. The molecule has 0 spiro atoms. The highest BCUT2D eigenvalue weighted by Crippen LogP contribution is 2.24. The van der Waals surface area contributed by atoms with Gasteiger partial charge in [0.05, 0.1) is 6.61 Å². The minimum Gasteiger partial charge on any atom is -0.391 e. The Morgan fingerprint density at radius 3 is 2.81 bits per heavy atom. The summed E-state index contributed by atoms with van der Waals surface area (Å²) in [5, 5.41) is 16.2. The van der Waals surface area contributed by atoms with E-state index in [0.717, 1.165) is 22.7 Å². The van der Waals surface area contributed by atoms with E-state index in [2.05, 4.69) is 14.9 Å². The Kier molecular flexibility index (Phi) is 3.19. The van der Waals surface area contributed by atoms with Crippen LogP contribution in [-0.2, 0) is 16.6 Å². The summed E-state index contributed by atoms with van der Waals surface area (Å²) in [7, 11) is -3.61. The van der Waals surface area contributed by atoms with Gasteiger partial charge in [-0.25, -0.2) is 8.42 Å². The second kappa shape index (κ2) is 4.45. The van der Waals surface area contributed by atoms with Gasteiger partial charge in [-0.05, 0) is 12.1 Å². The van der Waals surface area contributed by atoms with Crippen molar-refractivity contribution >= 4 is 37.8 Å². The molecule has 2 aromatic heterocycles. The zero-order chi connectivity index (χ0) is 11.6. The van der Waals surface area contributed by atoms with Crippen molar-refractivity contribution in [3.63, 3.8) is 0 Å². The van der Waals surface area contributed by atoms with Crippen LogP contribution in [0.25, 0.3) is 0 Å². The molecule has 0 unspecified atom stereocenters. The van der Waals surface area contributed by atoms with Crippen molar-refractivity contribution in [2.45, 2.75) is 10.8 Å². The number of rotatable bonds is 4. The summed E-state index contributed by atoms with van der Waals surface area (Å²) in [6, 6.07) is 3.01. The maximum Gasteiger partial charge on any atom is 0.273 e. The van der Waals surface area contributed by atoms with Crippen LogP contribution in [0, 0.1) is 0 Å². The normalized spacial score (nSPS) is 11.6. The third-order valence-electron chi connectivity index (χ3n) is 1.64. The zero-order valence-corrected chi connectivity index (χ0v) is 10.3. The number of nitrogens with zero attached hydrogens (tertiary/aromatic N) is 2. The fourth-order valence-electron chi connectivity index (χ4n) is 0.970. The first-order chi connectivity index (χ1) is 7.62. The smallest absolute Gasteiger partial charge is 0.273 e. The molecule has 0 aliphatic heterocycles. The number of thiophene rings is 1. The molecule has 9 heteroatoms. The molecule has 0 atom stereocenters. The maximum atomic E-state index is 11.8. The number of aromatic nitrogens is 2. The molecule has 2 aromatic rings. The number of hydrogen-bond acceptors (Lipinski definition) is 7. The van der Waals surface area contributed by atoms with E-state index in [9.17, 15) is 8.42 Å². The quantitative estimate of drug-likeness (QED) is 0.866. The average Bonchev–Trinajstić information content (AvgIpc) is 2.85. The highest BCUT2D eigenvalue weighted by atomic mass is 32.2. The molecule has 0 fully saturated rings. The van der Waals surface area contributed by atoms with Crippen LogP contribution < -0.4 is 4.72 Å². The van der Waals surface area contributed by atoms with E-state index in [-0.39, 0.29) is 15.9 Å². The van der Waals surface area contributed by atoms with Gasteiger partial charge in [0.25, 0.3) is 10.0 Å². The number of aliphatic hydroxyl groups is 1. The lowest BCUT2D eigenvalue weighted by molar-refractivity contribution is 0.285. The molecule has 0 aliphatic rings. The van der Waals surface area contributed by atoms with Gasteiger partial charge in [0.15, 0.2) is 0 Å². The molecule has 0 saturated heterocycles. The van der Waals surface area contributed by atoms with E-state index in [1.54, 1.807) is 6.07 Å². The van der Waals surface area contributed by atoms with Crippen molar-refractivity contribution in [2.75, 3.05) is 4.72 Å².